The van der Waals surface area contributed by atoms with Crippen molar-refractivity contribution in [1.82, 2.24) is 15.2 Å². The quantitative estimate of drug-likeness (QED) is 0.814. The number of nitrogens with zero attached hydrogens (tertiary/aromatic N) is 2. The second-order valence-electron chi connectivity index (χ2n) is 6.01. The predicted molar refractivity (Wildman–Crippen MR) is 92.8 cm³/mol. The number of likely N-dealkylation sites (tertiary alicyclic amines) is 1. The van der Waals surface area contributed by atoms with Crippen LogP contribution in [0, 0.1) is 0 Å². The number of carbonyl (C=O) groups excluding carboxylic acids is 1. The van der Waals surface area contributed by atoms with Gasteiger partial charge in [-0.25, -0.2) is 4.98 Å². The monoisotopic (exact) mass is 345 g/mol. The SMILES string of the molecule is O=C(NCC1CC(O)CN1Cc1ccccc1)c1cccnc1Cl. The summed E-state index contributed by atoms with van der Waals surface area (Å²) < 4.78 is 0. The number of β-amino-alcohol motifs (C(OH)–C–C–N with tert-alkyl or cyclic N) is 1. The zero-order valence-corrected chi connectivity index (χ0v) is 14.0. The number of amides is 1. The van der Waals surface area contributed by atoms with E-state index in [1.807, 2.05) is 18.2 Å². The molecule has 2 unspecified atom stereocenters. The molecule has 6 heteroatoms. The van der Waals surface area contributed by atoms with Gasteiger partial charge in [0.15, 0.2) is 0 Å². The van der Waals surface area contributed by atoms with Crippen molar-refractivity contribution in [2.45, 2.75) is 25.1 Å². The summed E-state index contributed by atoms with van der Waals surface area (Å²) in [7, 11) is 0. The predicted octanol–water partition coefficient (Wildman–Crippen LogP) is 2.10. The van der Waals surface area contributed by atoms with Crippen LogP contribution in [0.2, 0.25) is 5.15 Å². The van der Waals surface area contributed by atoms with Crippen molar-refractivity contribution < 1.29 is 9.90 Å². The highest BCUT2D eigenvalue weighted by Crippen LogP contribution is 2.20. The molecular formula is C18H20ClN3O2. The van der Waals surface area contributed by atoms with E-state index in [9.17, 15) is 9.90 Å². The number of benzene rings is 1. The van der Waals surface area contributed by atoms with E-state index in [0.29, 0.717) is 25.1 Å². The minimum Gasteiger partial charge on any atom is -0.392 e. The number of aliphatic hydroxyl groups excluding tert-OH is 1. The molecular weight excluding hydrogens is 326 g/mol. The van der Waals surface area contributed by atoms with Gasteiger partial charge in [-0.1, -0.05) is 41.9 Å². The Morgan fingerprint density at radius 3 is 2.83 bits per heavy atom. The molecule has 2 aromatic rings. The van der Waals surface area contributed by atoms with E-state index in [4.69, 9.17) is 11.6 Å². The fourth-order valence-electron chi connectivity index (χ4n) is 3.04. The van der Waals surface area contributed by atoms with Crippen molar-refractivity contribution in [3.8, 4) is 0 Å². The van der Waals surface area contributed by atoms with Gasteiger partial charge in [0, 0.05) is 31.9 Å². The van der Waals surface area contributed by atoms with Crippen LogP contribution in [0.1, 0.15) is 22.3 Å². The molecule has 1 aromatic heterocycles. The molecule has 0 radical (unpaired) electrons. The van der Waals surface area contributed by atoms with Gasteiger partial charge >= 0.3 is 0 Å². The molecule has 2 N–H and O–H groups in total. The summed E-state index contributed by atoms with van der Waals surface area (Å²) in [6.07, 6.45) is 1.83. The lowest BCUT2D eigenvalue weighted by molar-refractivity contribution is 0.0939. The molecule has 1 aliphatic rings. The average molecular weight is 346 g/mol. The number of aliphatic hydroxyl groups is 1. The third kappa shape index (κ3) is 4.12. The van der Waals surface area contributed by atoms with Gasteiger partial charge in [0.1, 0.15) is 5.15 Å². The molecule has 0 spiro atoms. The maximum absolute atomic E-state index is 12.3. The fraction of sp³-hybridized carbons (Fsp3) is 0.333. The van der Waals surface area contributed by atoms with Crippen LogP contribution >= 0.6 is 11.6 Å². The van der Waals surface area contributed by atoms with Crippen LogP contribution in [0.5, 0.6) is 0 Å². The molecule has 1 saturated heterocycles. The largest absolute Gasteiger partial charge is 0.392 e. The lowest BCUT2D eigenvalue weighted by Gasteiger charge is -2.24. The second kappa shape index (κ2) is 7.75. The van der Waals surface area contributed by atoms with Crippen molar-refractivity contribution in [3.05, 3.63) is 64.9 Å². The lowest BCUT2D eigenvalue weighted by atomic mass is 10.1. The van der Waals surface area contributed by atoms with Gasteiger partial charge in [0.25, 0.3) is 5.91 Å². The molecule has 126 valence electrons. The molecule has 1 aliphatic heterocycles. The minimum atomic E-state index is -0.363. The number of hydrogen-bond acceptors (Lipinski definition) is 4. The average Bonchev–Trinajstić information content (AvgIpc) is 2.93. The molecule has 1 amide bonds. The van der Waals surface area contributed by atoms with Gasteiger partial charge in [0.05, 0.1) is 11.7 Å². The first-order valence-corrected chi connectivity index (χ1v) is 8.36. The highest BCUT2D eigenvalue weighted by Gasteiger charge is 2.31. The van der Waals surface area contributed by atoms with E-state index in [0.717, 1.165) is 6.54 Å². The number of rotatable bonds is 5. The van der Waals surface area contributed by atoms with Crippen molar-refractivity contribution in [3.63, 3.8) is 0 Å². The molecule has 1 aromatic carbocycles. The standard InChI is InChI=1S/C18H20ClN3O2/c19-17-16(7-4-8-20-17)18(24)21-10-14-9-15(23)12-22(14)11-13-5-2-1-3-6-13/h1-8,14-15,23H,9-12H2,(H,21,24). The van der Waals surface area contributed by atoms with Gasteiger partial charge in [-0.05, 0) is 24.1 Å². The minimum absolute atomic E-state index is 0.0969. The van der Waals surface area contributed by atoms with E-state index in [-0.39, 0.29) is 23.2 Å². The third-order valence-electron chi connectivity index (χ3n) is 4.24. The van der Waals surface area contributed by atoms with E-state index >= 15 is 0 Å². The number of nitrogens with one attached hydrogen (secondary N) is 1. The van der Waals surface area contributed by atoms with Gasteiger partial charge in [-0.3, -0.25) is 9.69 Å². The summed E-state index contributed by atoms with van der Waals surface area (Å²) in [5.74, 6) is -0.242. The van der Waals surface area contributed by atoms with Crippen LogP contribution in [-0.2, 0) is 6.54 Å². The molecule has 0 saturated carbocycles. The van der Waals surface area contributed by atoms with E-state index in [2.05, 4.69) is 27.3 Å². The molecule has 0 bridgehead atoms. The van der Waals surface area contributed by atoms with Crippen molar-refractivity contribution in [2.24, 2.45) is 0 Å². The van der Waals surface area contributed by atoms with E-state index in [1.54, 1.807) is 18.3 Å². The van der Waals surface area contributed by atoms with Crippen LogP contribution in [0.3, 0.4) is 0 Å². The first-order chi connectivity index (χ1) is 11.6. The smallest absolute Gasteiger partial charge is 0.254 e. The highest BCUT2D eigenvalue weighted by molar-refractivity contribution is 6.32. The number of aromatic nitrogens is 1. The van der Waals surface area contributed by atoms with Crippen LogP contribution in [0.25, 0.3) is 0 Å². The highest BCUT2D eigenvalue weighted by atomic mass is 35.5. The summed E-state index contributed by atoms with van der Waals surface area (Å²) >= 11 is 5.95. The van der Waals surface area contributed by atoms with Gasteiger partial charge < -0.3 is 10.4 Å². The molecule has 5 nitrogen and oxygen atoms in total. The van der Waals surface area contributed by atoms with Gasteiger partial charge in [-0.15, -0.1) is 0 Å². The number of pyridine rings is 1. The normalized spacial score (nSPS) is 20.9. The zero-order valence-electron chi connectivity index (χ0n) is 13.2. The van der Waals surface area contributed by atoms with Crippen molar-refractivity contribution >= 4 is 17.5 Å². The molecule has 2 heterocycles. The Morgan fingerprint density at radius 1 is 1.29 bits per heavy atom. The maximum atomic E-state index is 12.3. The van der Waals surface area contributed by atoms with E-state index < -0.39 is 0 Å². The summed E-state index contributed by atoms with van der Waals surface area (Å²) in [6, 6.07) is 13.5. The van der Waals surface area contributed by atoms with Crippen LogP contribution in [0.4, 0.5) is 0 Å². The Kier molecular flexibility index (Phi) is 5.45. The third-order valence-corrected chi connectivity index (χ3v) is 4.54. The number of carbonyl (C=O) groups is 1. The first-order valence-electron chi connectivity index (χ1n) is 7.98. The van der Waals surface area contributed by atoms with Crippen LogP contribution < -0.4 is 5.32 Å². The summed E-state index contributed by atoms with van der Waals surface area (Å²) in [5.41, 5.74) is 1.56. The Morgan fingerprint density at radius 2 is 2.08 bits per heavy atom. The summed E-state index contributed by atoms with van der Waals surface area (Å²) in [4.78, 5) is 18.4. The van der Waals surface area contributed by atoms with Crippen LogP contribution in [0.15, 0.2) is 48.7 Å². The summed E-state index contributed by atoms with van der Waals surface area (Å²) in [6.45, 7) is 1.84. The van der Waals surface area contributed by atoms with Crippen molar-refractivity contribution in [2.75, 3.05) is 13.1 Å². The Hall–Kier alpha value is -1.95. The Labute approximate surface area is 146 Å². The Balaban J connectivity index is 1.60. The number of halogens is 1. The second-order valence-corrected chi connectivity index (χ2v) is 6.37. The molecule has 24 heavy (non-hydrogen) atoms. The lowest BCUT2D eigenvalue weighted by Crippen LogP contribution is -2.39. The van der Waals surface area contributed by atoms with Gasteiger partial charge in [-0.2, -0.15) is 0 Å². The Bertz CT molecular complexity index is 696. The fourth-order valence-corrected chi connectivity index (χ4v) is 3.25. The molecule has 0 aliphatic carbocycles. The first kappa shape index (κ1) is 16.9. The molecule has 2 atom stereocenters. The summed E-state index contributed by atoms with van der Waals surface area (Å²) in [5, 5.41) is 13.1. The van der Waals surface area contributed by atoms with E-state index in [1.165, 1.54) is 5.56 Å². The van der Waals surface area contributed by atoms with Gasteiger partial charge in [0.2, 0.25) is 0 Å². The van der Waals surface area contributed by atoms with Crippen molar-refractivity contribution in [1.29, 1.82) is 0 Å². The topological polar surface area (TPSA) is 65.5 Å². The van der Waals surface area contributed by atoms with Crippen LogP contribution in [-0.4, -0.2) is 46.1 Å². The maximum Gasteiger partial charge on any atom is 0.254 e. The zero-order chi connectivity index (χ0) is 16.9. The molecule has 3 rings (SSSR count). The number of hydrogen-bond donors (Lipinski definition) is 2. The molecule has 1 fully saturated rings.